The van der Waals surface area contributed by atoms with E-state index in [9.17, 15) is 0 Å². The highest BCUT2D eigenvalue weighted by Gasteiger charge is 2.13. The van der Waals surface area contributed by atoms with Crippen molar-refractivity contribution >= 4 is 17.2 Å². The molecule has 8 nitrogen and oxygen atoms in total. The molecule has 5 rings (SSSR count). The zero-order chi connectivity index (χ0) is 17.3. The van der Waals surface area contributed by atoms with E-state index in [0.717, 1.165) is 28.2 Å². The van der Waals surface area contributed by atoms with Crippen LogP contribution in [0.2, 0.25) is 0 Å². The predicted octanol–water partition coefficient (Wildman–Crippen LogP) is 2.70. The van der Waals surface area contributed by atoms with Gasteiger partial charge in [0.05, 0.1) is 17.4 Å². The molecule has 0 saturated carbocycles. The Balaban J connectivity index is 1.47. The number of hydrogen-bond donors (Lipinski definition) is 1. The van der Waals surface area contributed by atoms with Gasteiger partial charge in [0.15, 0.2) is 11.5 Å². The number of aromatic nitrogens is 5. The fourth-order valence-electron chi connectivity index (χ4n) is 2.85. The quantitative estimate of drug-likeness (QED) is 0.610. The number of benzene rings is 1. The summed E-state index contributed by atoms with van der Waals surface area (Å²) in [5.41, 5.74) is 3.37. The van der Waals surface area contributed by atoms with Crippen LogP contribution in [0.5, 0.6) is 11.5 Å². The highest BCUT2D eigenvalue weighted by atomic mass is 16.6. The molecule has 1 aliphatic heterocycles. The Labute approximate surface area is 148 Å². The summed E-state index contributed by atoms with van der Waals surface area (Å²) in [6.45, 7) is 1.12. The van der Waals surface area contributed by atoms with E-state index < -0.39 is 0 Å². The van der Waals surface area contributed by atoms with Crippen LogP contribution in [0.3, 0.4) is 0 Å². The molecule has 0 spiro atoms. The summed E-state index contributed by atoms with van der Waals surface area (Å²) < 4.78 is 12.7. The number of nitrogens with one attached hydrogen (secondary N) is 1. The Hall–Kier alpha value is -3.68. The van der Waals surface area contributed by atoms with Crippen LogP contribution in [0.4, 0.5) is 11.6 Å². The van der Waals surface area contributed by atoms with Gasteiger partial charge in [-0.2, -0.15) is 14.8 Å². The van der Waals surface area contributed by atoms with Gasteiger partial charge in [-0.1, -0.05) is 0 Å². The number of ether oxygens (including phenoxy) is 2. The van der Waals surface area contributed by atoms with Crippen molar-refractivity contribution in [2.45, 2.75) is 0 Å². The van der Waals surface area contributed by atoms with Gasteiger partial charge in [0.2, 0.25) is 5.95 Å². The van der Waals surface area contributed by atoms with Gasteiger partial charge in [0, 0.05) is 29.7 Å². The molecule has 0 bridgehead atoms. The predicted molar refractivity (Wildman–Crippen MR) is 94.7 cm³/mol. The fourth-order valence-corrected chi connectivity index (χ4v) is 2.85. The van der Waals surface area contributed by atoms with Gasteiger partial charge in [0.25, 0.3) is 0 Å². The molecule has 0 saturated heterocycles. The monoisotopic (exact) mass is 346 g/mol. The van der Waals surface area contributed by atoms with E-state index >= 15 is 0 Å². The molecule has 1 aromatic carbocycles. The first-order valence-corrected chi connectivity index (χ1v) is 8.16. The molecule has 0 radical (unpaired) electrons. The molecule has 0 unspecified atom stereocenters. The SMILES string of the molecule is c1cnn2ncc(-c3ccnc(Nc4ccc5c(c4)OCCO5)n3)c2c1. The smallest absolute Gasteiger partial charge is 0.227 e. The summed E-state index contributed by atoms with van der Waals surface area (Å²) in [7, 11) is 0. The number of anilines is 2. The summed E-state index contributed by atoms with van der Waals surface area (Å²) in [5.74, 6) is 1.95. The first kappa shape index (κ1) is 14.6. The van der Waals surface area contributed by atoms with E-state index in [1.807, 2.05) is 36.4 Å². The van der Waals surface area contributed by atoms with Crippen LogP contribution in [0.15, 0.2) is 55.0 Å². The number of hydrogen-bond acceptors (Lipinski definition) is 7. The maximum absolute atomic E-state index is 5.61. The normalized spacial score (nSPS) is 12.9. The van der Waals surface area contributed by atoms with Crippen molar-refractivity contribution in [3.63, 3.8) is 0 Å². The first-order chi connectivity index (χ1) is 12.9. The van der Waals surface area contributed by atoms with Crippen LogP contribution >= 0.6 is 0 Å². The maximum atomic E-state index is 5.61. The van der Waals surface area contributed by atoms with Crippen molar-refractivity contribution in [2.75, 3.05) is 18.5 Å². The highest BCUT2D eigenvalue weighted by molar-refractivity contribution is 5.77. The van der Waals surface area contributed by atoms with Crippen molar-refractivity contribution in [1.29, 1.82) is 0 Å². The van der Waals surface area contributed by atoms with Crippen LogP contribution in [-0.4, -0.2) is 38.0 Å². The van der Waals surface area contributed by atoms with Gasteiger partial charge >= 0.3 is 0 Å². The zero-order valence-electron chi connectivity index (χ0n) is 13.7. The van der Waals surface area contributed by atoms with Gasteiger partial charge in [-0.05, 0) is 30.3 Å². The summed E-state index contributed by atoms with van der Waals surface area (Å²) in [4.78, 5) is 8.90. The lowest BCUT2D eigenvalue weighted by atomic mass is 10.2. The van der Waals surface area contributed by atoms with Gasteiger partial charge in [-0.25, -0.2) is 9.97 Å². The highest BCUT2D eigenvalue weighted by Crippen LogP contribution is 2.33. The molecule has 1 aliphatic rings. The average molecular weight is 346 g/mol. The molecule has 0 aliphatic carbocycles. The minimum atomic E-state index is 0.488. The summed E-state index contributed by atoms with van der Waals surface area (Å²) in [6.07, 6.45) is 5.15. The third-order valence-electron chi connectivity index (χ3n) is 4.03. The summed E-state index contributed by atoms with van der Waals surface area (Å²) >= 11 is 0. The van der Waals surface area contributed by atoms with Gasteiger partial charge < -0.3 is 14.8 Å². The van der Waals surface area contributed by atoms with Crippen molar-refractivity contribution in [2.24, 2.45) is 0 Å². The Kier molecular flexibility index (Phi) is 3.38. The van der Waals surface area contributed by atoms with E-state index in [-0.39, 0.29) is 0 Å². The standard InChI is InChI=1S/C18H14N6O2/c1-2-15-13(11-21-24(15)20-6-1)14-5-7-19-18(23-14)22-12-3-4-16-17(10-12)26-9-8-25-16/h1-7,10-11H,8-9H2,(H,19,22,23). The van der Waals surface area contributed by atoms with E-state index in [0.29, 0.717) is 24.9 Å². The lowest BCUT2D eigenvalue weighted by Crippen LogP contribution is -2.15. The number of rotatable bonds is 3. The number of fused-ring (bicyclic) bond motifs is 2. The van der Waals surface area contributed by atoms with Crippen LogP contribution in [0.1, 0.15) is 0 Å². The fraction of sp³-hybridized carbons (Fsp3) is 0.111. The number of nitrogens with zero attached hydrogens (tertiary/aromatic N) is 5. The summed E-state index contributed by atoms with van der Waals surface area (Å²) in [5, 5.41) is 11.6. The molecule has 128 valence electrons. The Morgan fingerprint density at radius 1 is 0.962 bits per heavy atom. The van der Waals surface area contributed by atoms with Crippen molar-refractivity contribution in [3.8, 4) is 22.8 Å². The Bertz CT molecular complexity index is 1090. The largest absolute Gasteiger partial charge is 0.486 e. The second kappa shape index (κ2) is 5.99. The molecule has 1 N–H and O–H groups in total. The summed E-state index contributed by atoms with van der Waals surface area (Å²) in [6, 6.07) is 11.3. The molecule has 8 heteroatoms. The molecule has 0 atom stereocenters. The van der Waals surface area contributed by atoms with E-state index in [1.165, 1.54) is 0 Å². The van der Waals surface area contributed by atoms with Crippen LogP contribution in [0.25, 0.3) is 16.8 Å². The molecule has 4 heterocycles. The lowest BCUT2D eigenvalue weighted by molar-refractivity contribution is 0.171. The molecule has 0 fully saturated rings. The van der Waals surface area contributed by atoms with E-state index in [4.69, 9.17) is 9.47 Å². The first-order valence-electron chi connectivity index (χ1n) is 8.16. The molecule has 4 aromatic rings. The molecular formula is C18H14N6O2. The third-order valence-corrected chi connectivity index (χ3v) is 4.03. The van der Waals surface area contributed by atoms with Crippen LogP contribution < -0.4 is 14.8 Å². The van der Waals surface area contributed by atoms with E-state index in [1.54, 1.807) is 23.2 Å². The van der Waals surface area contributed by atoms with Crippen molar-refractivity contribution in [3.05, 3.63) is 55.0 Å². The zero-order valence-corrected chi connectivity index (χ0v) is 13.7. The van der Waals surface area contributed by atoms with Gasteiger partial charge in [-0.3, -0.25) is 0 Å². The van der Waals surface area contributed by atoms with Gasteiger partial charge in [-0.15, -0.1) is 0 Å². The average Bonchev–Trinajstić information content (AvgIpc) is 3.12. The Morgan fingerprint density at radius 2 is 1.88 bits per heavy atom. The van der Waals surface area contributed by atoms with Gasteiger partial charge in [0.1, 0.15) is 13.2 Å². The van der Waals surface area contributed by atoms with E-state index in [2.05, 4.69) is 25.5 Å². The van der Waals surface area contributed by atoms with Crippen LogP contribution in [0, 0.1) is 0 Å². The van der Waals surface area contributed by atoms with Crippen molar-refractivity contribution < 1.29 is 9.47 Å². The maximum Gasteiger partial charge on any atom is 0.227 e. The lowest BCUT2D eigenvalue weighted by Gasteiger charge is -2.19. The molecule has 0 amide bonds. The molecule has 26 heavy (non-hydrogen) atoms. The minimum absolute atomic E-state index is 0.488. The Morgan fingerprint density at radius 3 is 2.85 bits per heavy atom. The van der Waals surface area contributed by atoms with Crippen molar-refractivity contribution in [1.82, 2.24) is 24.8 Å². The second-order valence-electron chi connectivity index (χ2n) is 5.71. The minimum Gasteiger partial charge on any atom is -0.486 e. The third kappa shape index (κ3) is 2.57. The molecule has 3 aromatic heterocycles. The topological polar surface area (TPSA) is 86.5 Å². The van der Waals surface area contributed by atoms with Crippen LogP contribution in [-0.2, 0) is 0 Å². The molecular weight excluding hydrogens is 332 g/mol. The second-order valence-corrected chi connectivity index (χ2v) is 5.71.